The largest absolute Gasteiger partial charge is 0.478 e. The van der Waals surface area contributed by atoms with Crippen molar-refractivity contribution in [1.29, 1.82) is 0 Å². The van der Waals surface area contributed by atoms with Crippen LogP contribution in [-0.4, -0.2) is 41.3 Å². The third-order valence-corrected chi connectivity index (χ3v) is 3.18. The van der Waals surface area contributed by atoms with Gasteiger partial charge in [-0.15, -0.1) is 0 Å². The van der Waals surface area contributed by atoms with Crippen LogP contribution in [0.2, 0.25) is 0 Å². The summed E-state index contributed by atoms with van der Waals surface area (Å²) in [6.45, 7) is 3.86. The van der Waals surface area contributed by atoms with Crippen LogP contribution in [0.15, 0.2) is 6.20 Å². The normalized spacial score (nSPS) is 12.0. The minimum absolute atomic E-state index is 0.0133. The van der Waals surface area contributed by atoms with E-state index in [-0.39, 0.29) is 23.8 Å². The predicted octanol–water partition coefficient (Wildman–Crippen LogP) is 0.749. The Balaban J connectivity index is 2.96. The maximum Gasteiger partial charge on any atom is 0.339 e. The van der Waals surface area contributed by atoms with Gasteiger partial charge in [-0.25, -0.2) is 13.2 Å². The van der Waals surface area contributed by atoms with E-state index in [1.165, 1.54) is 10.9 Å². The third kappa shape index (κ3) is 3.85. The number of aromatic nitrogens is 2. The van der Waals surface area contributed by atoms with Gasteiger partial charge in [0.15, 0.2) is 0 Å². The van der Waals surface area contributed by atoms with Gasteiger partial charge in [0.25, 0.3) is 0 Å². The van der Waals surface area contributed by atoms with Crippen molar-refractivity contribution in [1.82, 2.24) is 9.78 Å². The van der Waals surface area contributed by atoms with E-state index in [1.807, 2.05) is 13.8 Å². The number of hydrogen-bond donors (Lipinski definition) is 1. The lowest BCUT2D eigenvalue weighted by molar-refractivity contribution is 0.0695. The molecule has 1 rings (SSSR count). The number of carboxylic acids is 1. The zero-order valence-electron chi connectivity index (χ0n) is 10.0. The Kier molecular flexibility index (Phi) is 3.92. The number of nitrogens with zero attached hydrogens (tertiary/aromatic N) is 2. The zero-order chi connectivity index (χ0) is 13.2. The van der Waals surface area contributed by atoms with Crippen LogP contribution in [-0.2, 0) is 16.4 Å². The predicted molar refractivity (Wildman–Crippen MR) is 63.0 cm³/mol. The van der Waals surface area contributed by atoms with Gasteiger partial charge in [-0.3, -0.25) is 4.68 Å². The van der Waals surface area contributed by atoms with E-state index in [9.17, 15) is 13.2 Å². The maximum atomic E-state index is 11.0. The topological polar surface area (TPSA) is 89.3 Å². The Morgan fingerprint density at radius 2 is 2.12 bits per heavy atom. The first-order valence-corrected chi connectivity index (χ1v) is 7.25. The van der Waals surface area contributed by atoms with Crippen molar-refractivity contribution in [2.24, 2.45) is 0 Å². The number of aryl methyl sites for hydroxylation is 1. The summed E-state index contributed by atoms with van der Waals surface area (Å²) < 4.78 is 23.4. The van der Waals surface area contributed by atoms with E-state index in [0.29, 0.717) is 5.69 Å². The average Bonchev–Trinajstić information content (AvgIpc) is 2.57. The van der Waals surface area contributed by atoms with E-state index in [1.54, 1.807) is 0 Å². The Bertz CT molecular complexity index is 516. The zero-order valence-corrected chi connectivity index (χ0v) is 10.9. The van der Waals surface area contributed by atoms with Crippen molar-refractivity contribution in [3.63, 3.8) is 0 Å². The number of carbonyl (C=O) groups is 1. The van der Waals surface area contributed by atoms with Gasteiger partial charge >= 0.3 is 5.97 Å². The Morgan fingerprint density at radius 3 is 2.47 bits per heavy atom. The van der Waals surface area contributed by atoms with Crippen LogP contribution in [0.5, 0.6) is 0 Å². The molecule has 0 bridgehead atoms. The number of rotatable bonds is 5. The molecule has 0 aliphatic heterocycles. The first-order chi connectivity index (χ1) is 7.70. The van der Waals surface area contributed by atoms with Gasteiger partial charge in [0, 0.05) is 12.5 Å². The van der Waals surface area contributed by atoms with Crippen molar-refractivity contribution in [2.45, 2.75) is 26.3 Å². The minimum Gasteiger partial charge on any atom is -0.478 e. The fourth-order valence-electron chi connectivity index (χ4n) is 1.40. The molecule has 0 atom stereocenters. The summed E-state index contributed by atoms with van der Waals surface area (Å²) in [4.78, 5) is 11.0. The van der Waals surface area contributed by atoms with Gasteiger partial charge in [-0.1, -0.05) is 13.8 Å². The van der Waals surface area contributed by atoms with E-state index in [0.717, 1.165) is 6.26 Å². The van der Waals surface area contributed by atoms with E-state index < -0.39 is 15.8 Å². The highest BCUT2D eigenvalue weighted by Gasteiger charge is 2.18. The molecule has 0 aromatic carbocycles. The summed E-state index contributed by atoms with van der Waals surface area (Å²) in [5, 5.41) is 13.1. The molecule has 0 spiro atoms. The summed E-state index contributed by atoms with van der Waals surface area (Å²) in [7, 11) is -3.07. The molecule has 1 aromatic heterocycles. The standard InChI is InChI=1S/C10H16N2O4S/c1-7(2)9-8(10(13)14)6-12(11-9)4-5-17(3,15)16/h6-7H,4-5H2,1-3H3,(H,13,14). The van der Waals surface area contributed by atoms with Crippen molar-refractivity contribution >= 4 is 15.8 Å². The van der Waals surface area contributed by atoms with Gasteiger partial charge in [-0.2, -0.15) is 5.10 Å². The van der Waals surface area contributed by atoms with Gasteiger partial charge < -0.3 is 5.11 Å². The fourth-order valence-corrected chi connectivity index (χ4v) is 1.92. The molecule has 0 saturated carbocycles. The third-order valence-electron chi connectivity index (χ3n) is 2.26. The van der Waals surface area contributed by atoms with Crippen LogP contribution in [0.25, 0.3) is 0 Å². The van der Waals surface area contributed by atoms with Crippen LogP contribution in [0.4, 0.5) is 0 Å². The lowest BCUT2D eigenvalue weighted by Crippen LogP contribution is -2.11. The second-order valence-corrected chi connectivity index (χ2v) is 6.54. The summed E-state index contributed by atoms with van der Waals surface area (Å²) in [5.41, 5.74) is 0.611. The first-order valence-electron chi connectivity index (χ1n) is 5.19. The quantitative estimate of drug-likeness (QED) is 0.843. The summed E-state index contributed by atoms with van der Waals surface area (Å²) in [6.07, 6.45) is 2.51. The molecular weight excluding hydrogens is 244 g/mol. The molecule has 96 valence electrons. The molecule has 0 aliphatic rings. The number of sulfone groups is 1. The molecule has 1 aromatic rings. The van der Waals surface area contributed by atoms with Gasteiger partial charge in [0.05, 0.1) is 18.0 Å². The molecule has 17 heavy (non-hydrogen) atoms. The number of carboxylic acid groups (broad SMARTS) is 1. The van der Waals surface area contributed by atoms with E-state index in [2.05, 4.69) is 5.10 Å². The summed E-state index contributed by atoms with van der Waals surface area (Å²) in [6, 6.07) is 0. The Morgan fingerprint density at radius 1 is 1.53 bits per heavy atom. The van der Waals surface area contributed by atoms with Crippen LogP contribution in [0.1, 0.15) is 35.8 Å². The molecule has 0 unspecified atom stereocenters. The summed E-state index contributed by atoms with van der Waals surface area (Å²) >= 11 is 0. The highest BCUT2D eigenvalue weighted by Crippen LogP contribution is 2.17. The SMILES string of the molecule is CC(C)c1nn(CCS(C)(=O)=O)cc1C(=O)O. The van der Waals surface area contributed by atoms with Crippen molar-refractivity contribution in [2.75, 3.05) is 12.0 Å². The Labute approximate surface area is 100 Å². The second kappa shape index (κ2) is 4.87. The lowest BCUT2D eigenvalue weighted by Gasteiger charge is -2.01. The lowest BCUT2D eigenvalue weighted by atomic mass is 10.1. The molecular formula is C10H16N2O4S. The smallest absolute Gasteiger partial charge is 0.339 e. The highest BCUT2D eigenvalue weighted by molar-refractivity contribution is 7.90. The second-order valence-electron chi connectivity index (χ2n) is 4.28. The summed E-state index contributed by atoms with van der Waals surface area (Å²) in [5.74, 6) is -1.11. The van der Waals surface area contributed by atoms with E-state index >= 15 is 0 Å². The van der Waals surface area contributed by atoms with Gasteiger partial charge in [0.1, 0.15) is 15.4 Å². The van der Waals surface area contributed by atoms with Gasteiger partial charge in [-0.05, 0) is 5.92 Å². The van der Waals surface area contributed by atoms with Crippen LogP contribution in [0, 0.1) is 0 Å². The van der Waals surface area contributed by atoms with Crippen LogP contribution in [0.3, 0.4) is 0 Å². The maximum absolute atomic E-state index is 11.0. The Hall–Kier alpha value is -1.37. The van der Waals surface area contributed by atoms with Crippen LogP contribution < -0.4 is 0 Å². The van der Waals surface area contributed by atoms with Crippen LogP contribution >= 0.6 is 0 Å². The molecule has 0 saturated heterocycles. The molecule has 1 heterocycles. The highest BCUT2D eigenvalue weighted by atomic mass is 32.2. The van der Waals surface area contributed by atoms with Crippen molar-refractivity contribution in [3.05, 3.63) is 17.5 Å². The molecule has 0 amide bonds. The molecule has 0 radical (unpaired) electrons. The van der Waals surface area contributed by atoms with Crippen molar-refractivity contribution < 1.29 is 18.3 Å². The average molecular weight is 260 g/mol. The molecule has 0 fully saturated rings. The first kappa shape index (κ1) is 13.7. The molecule has 7 heteroatoms. The van der Waals surface area contributed by atoms with E-state index in [4.69, 9.17) is 5.11 Å². The molecule has 1 N–H and O–H groups in total. The molecule has 6 nitrogen and oxygen atoms in total. The minimum atomic E-state index is -3.07. The van der Waals surface area contributed by atoms with Crippen molar-refractivity contribution in [3.8, 4) is 0 Å². The monoisotopic (exact) mass is 260 g/mol. The molecule has 0 aliphatic carbocycles. The fraction of sp³-hybridized carbons (Fsp3) is 0.600. The number of hydrogen-bond acceptors (Lipinski definition) is 4. The number of aromatic carboxylic acids is 1. The van der Waals surface area contributed by atoms with Gasteiger partial charge in [0.2, 0.25) is 0 Å².